The lowest BCUT2D eigenvalue weighted by atomic mass is 9.90. The molecule has 0 amide bonds. The zero-order valence-electron chi connectivity index (χ0n) is 19.8. The Bertz CT molecular complexity index is 1170. The van der Waals surface area contributed by atoms with Crippen molar-refractivity contribution >= 4 is 24.1 Å². The maximum Gasteiger partial charge on any atom is 0.303 e. The van der Waals surface area contributed by atoms with Crippen LogP contribution in [0.15, 0.2) is 23.5 Å². The molecule has 0 radical (unpaired) electrons. The molecule has 0 unspecified atom stereocenters. The molecule has 2 aromatic rings. The Kier molecular flexibility index (Phi) is 8.81. The lowest BCUT2D eigenvalue weighted by Crippen LogP contribution is -2.58. The molecule has 0 bridgehead atoms. The molecule has 15 heteroatoms. The summed E-state index contributed by atoms with van der Waals surface area (Å²) in [6, 6.07) is 0.275. The van der Waals surface area contributed by atoms with E-state index in [9.17, 15) is 27.6 Å². The van der Waals surface area contributed by atoms with Crippen molar-refractivity contribution in [1.82, 2.24) is 15.0 Å². The molecule has 0 saturated carbocycles. The van der Waals surface area contributed by atoms with Gasteiger partial charge in [0.25, 0.3) is 0 Å². The van der Waals surface area contributed by atoms with E-state index < -0.39 is 65.8 Å². The number of hydrogen-bond acceptors (Lipinski definition) is 11. The first kappa shape index (κ1) is 27.6. The second kappa shape index (κ2) is 11.8. The van der Waals surface area contributed by atoms with Gasteiger partial charge in [-0.25, -0.2) is 17.9 Å². The first-order valence-electron chi connectivity index (χ1n) is 10.9. The molecule has 200 valence electrons. The van der Waals surface area contributed by atoms with Crippen LogP contribution < -0.4 is 0 Å². The predicted molar refractivity (Wildman–Crippen MR) is 116 cm³/mol. The van der Waals surface area contributed by atoms with Crippen molar-refractivity contribution in [1.29, 1.82) is 0 Å². The average Bonchev–Trinajstić information content (AvgIpc) is 3.30. The van der Waals surface area contributed by atoms with Crippen LogP contribution in [0.5, 0.6) is 0 Å². The molecule has 1 N–H and O–H groups in total. The minimum absolute atomic E-state index is 0.0857. The van der Waals surface area contributed by atoms with Gasteiger partial charge in [-0.3, -0.25) is 14.4 Å². The van der Waals surface area contributed by atoms with Crippen LogP contribution in [0.1, 0.15) is 33.2 Å². The Balaban J connectivity index is 2.11. The van der Waals surface area contributed by atoms with Crippen molar-refractivity contribution in [3.8, 4) is 11.3 Å². The van der Waals surface area contributed by atoms with Gasteiger partial charge in [-0.05, 0) is 12.1 Å². The maximum atomic E-state index is 13.8. The second-order valence-electron chi connectivity index (χ2n) is 8.03. The van der Waals surface area contributed by atoms with E-state index in [0.717, 1.165) is 31.7 Å². The zero-order valence-corrected chi connectivity index (χ0v) is 19.8. The summed E-state index contributed by atoms with van der Waals surface area (Å²) in [5, 5.41) is 19.7. The molecule has 1 saturated heterocycles. The Morgan fingerprint density at radius 3 is 2.19 bits per heavy atom. The average molecular weight is 528 g/mol. The Labute approximate surface area is 207 Å². The lowest BCUT2D eigenvalue weighted by Gasteiger charge is -2.44. The number of nitrogens with zero attached hydrogens (tertiary/aromatic N) is 4. The van der Waals surface area contributed by atoms with Crippen molar-refractivity contribution in [3.63, 3.8) is 0 Å². The van der Waals surface area contributed by atoms with E-state index in [1.54, 1.807) is 0 Å². The second-order valence-corrected chi connectivity index (χ2v) is 8.03. The monoisotopic (exact) mass is 528 g/mol. The van der Waals surface area contributed by atoms with Gasteiger partial charge in [-0.15, -0.1) is 10.3 Å². The number of hydrogen-bond donors (Lipinski definition) is 1. The molecule has 1 aliphatic rings. The van der Waals surface area contributed by atoms with Crippen LogP contribution in [0.25, 0.3) is 11.3 Å². The molecule has 12 nitrogen and oxygen atoms in total. The molecule has 1 aromatic heterocycles. The highest BCUT2D eigenvalue weighted by molar-refractivity contribution is 5.67. The number of carbonyl (C=O) groups excluding carboxylic acids is 3. The Morgan fingerprint density at radius 1 is 1.05 bits per heavy atom. The first-order chi connectivity index (χ1) is 17.5. The third-order valence-electron chi connectivity index (χ3n) is 5.33. The van der Waals surface area contributed by atoms with Crippen LogP contribution in [-0.4, -0.2) is 75.3 Å². The van der Waals surface area contributed by atoms with Gasteiger partial charge in [0, 0.05) is 39.0 Å². The number of aromatic nitrogens is 3. The Morgan fingerprint density at radius 2 is 1.65 bits per heavy atom. The number of ether oxygens (including phenoxy) is 4. The van der Waals surface area contributed by atoms with Crippen LogP contribution in [0, 0.1) is 17.5 Å². The predicted octanol–water partition coefficient (Wildman–Crippen LogP) is 1.95. The molecule has 1 fully saturated rings. The fourth-order valence-corrected chi connectivity index (χ4v) is 3.91. The highest BCUT2D eigenvalue weighted by atomic mass is 19.2. The summed E-state index contributed by atoms with van der Waals surface area (Å²) < 4.78 is 64.0. The summed E-state index contributed by atoms with van der Waals surface area (Å²) in [6.07, 6.45) is -2.39. The molecule has 3 rings (SSSR count). The quantitative estimate of drug-likeness (QED) is 0.134. The molecule has 1 aliphatic heterocycles. The number of benzene rings is 1. The van der Waals surface area contributed by atoms with Crippen molar-refractivity contribution in [2.24, 2.45) is 5.16 Å². The molecular weight excluding hydrogens is 505 g/mol. The molecule has 5 atom stereocenters. The number of rotatable bonds is 8. The normalized spacial score (nSPS) is 23.6. The molecule has 1 aromatic carbocycles. The molecule has 0 spiro atoms. The minimum atomic E-state index is -1.66. The van der Waals surface area contributed by atoms with E-state index in [1.807, 2.05) is 0 Å². The molecule has 0 aliphatic carbocycles. The summed E-state index contributed by atoms with van der Waals surface area (Å²) >= 11 is 0. The summed E-state index contributed by atoms with van der Waals surface area (Å²) in [6.45, 7) is 3.02. The van der Waals surface area contributed by atoms with Gasteiger partial charge in [0.15, 0.2) is 29.7 Å². The van der Waals surface area contributed by atoms with Gasteiger partial charge in [-0.1, -0.05) is 5.21 Å². The summed E-state index contributed by atoms with van der Waals surface area (Å²) in [7, 11) is 0. The van der Waals surface area contributed by atoms with E-state index in [2.05, 4.69) is 15.5 Å². The zero-order chi connectivity index (χ0) is 27.3. The van der Waals surface area contributed by atoms with Crippen molar-refractivity contribution in [2.45, 2.75) is 57.6 Å². The van der Waals surface area contributed by atoms with Crippen LogP contribution in [-0.2, 0) is 33.3 Å². The number of esters is 3. The van der Waals surface area contributed by atoms with E-state index in [1.165, 1.54) is 6.20 Å². The smallest absolute Gasteiger partial charge is 0.303 e. The fraction of sp³-hybridized carbons (Fsp3) is 0.455. The van der Waals surface area contributed by atoms with Crippen LogP contribution in [0.4, 0.5) is 13.2 Å². The summed E-state index contributed by atoms with van der Waals surface area (Å²) in [5.41, 5.74) is -0.236. The number of oxime groups is 1. The van der Waals surface area contributed by atoms with Crippen molar-refractivity contribution < 1.29 is 51.7 Å². The SMILES string of the molecule is CC(=O)OC[C@H]1O[C@H](CC=NO)[C@H](OC(C)=O)[C@@H](n2cc(-c3cc(F)c(F)c(F)c3)nn2)[C@H]1OC(C)=O. The third kappa shape index (κ3) is 6.61. The van der Waals surface area contributed by atoms with E-state index in [-0.39, 0.29) is 24.3 Å². The molecular formula is C22H23F3N4O8. The van der Waals surface area contributed by atoms with E-state index in [4.69, 9.17) is 24.2 Å². The Hall–Kier alpha value is -4.01. The van der Waals surface area contributed by atoms with Gasteiger partial charge in [0.2, 0.25) is 0 Å². The van der Waals surface area contributed by atoms with E-state index >= 15 is 0 Å². The van der Waals surface area contributed by atoms with Crippen LogP contribution in [0.3, 0.4) is 0 Å². The fourth-order valence-electron chi connectivity index (χ4n) is 3.91. The van der Waals surface area contributed by atoms with E-state index in [0.29, 0.717) is 12.1 Å². The summed E-state index contributed by atoms with van der Waals surface area (Å²) in [4.78, 5) is 35.4. The standard InChI is InChI=1S/C22H23F3N4O8/c1-10(30)34-9-18-22(36-12(3)32)20(21(35-11(2)31)17(37-18)4-5-26-33)29-8-16(27-28-29)13-6-14(23)19(25)15(24)7-13/h5-8,17-18,20-22,33H,4,9H2,1-3H3/t17-,18-,20-,21+,22+/m1/s1. The largest absolute Gasteiger partial charge is 0.463 e. The van der Waals surface area contributed by atoms with Crippen LogP contribution in [0.2, 0.25) is 0 Å². The van der Waals surface area contributed by atoms with Gasteiger partial charge in [0.1, 0.15) is 30.6 Å². The number of carbonyl (C=O) groups is 3. The highest BCUT2D eigenvalue weighted by Gasteiger charge is 2.51. The van der Waals surface area contributed by atoms with Gasteiger partial charge in [-0.2, -0.15) is 0 Å². The maximum absolute atomic E-state index is 13.8. The van der Waals surface area contributed by atoms with Crippen LogP contribution >= 0.6 is 0 Å². The minimum Gasteiger partial charge on any atom is -0.463 e. The molecule has 2 heterocycles. The summed E-state index contributed by atoms with van der Waals surface area (Å²) in [5.74, 6) is -6.71. The first-order valence-corrected chi connectivity index (χ1v) is 10.9. The lowest BCUT2D eigenvalue weighted by molar-refractivity contribution is -0.227. The van der Waals surface area contributed by atoms with Gasteiger partial charge >= 0.3 is 17.9 Å². The third-order valence-corrected chi connectivity index (χ3v) is 5.33. The van der Waals surface area contributed by atoms with Crippen molar-refractivity contribution in [2.75, 3.05) is 6.61 Å². The van der Waals surface area contributed by atoms with Gasteiger partial charge < -0.3 is 24.2 Å². The number of halogens is 3. The van der Waals surface area contributed by atoms with Crippen molar-refractivity contribution in [3.05, 3.63) is 35.8 Å². The molecule has 37 heavy (non-hydrogen) atoms. The highest BCUT2D eigenvalue weighted by Crippen LogP contribution is 2.36. The topological polar surface area (TPSA) is 151 Å². The van der Waals surface area contributed by atoms with Gasteiger partial charge in [0.05, 0.1) is 6.20 Å².